The summed E-state index contributed by atoms with van der Waals surface area (Å²) in [7, 11) is 0. The van der Waals surface area contributed by atoms with Gasteiger partial charge >= 0.3 is 12.0 Å². The third kappa shape index (κ3) is 2.44. The third-order valence-electron chi connectivity index (χ3n) is 4.19. The molecule has 1 saturated heterocycles. The molecular weight excluding hydrogens is 232 g/mol. The molecule has 1 heterocycles. The minimum atomic E-state index is -0.773. The highest BCUT2D eigenvalue weighted by Crippen LogP contribution is 2.35. The minimum Gasteiger partial charge on any atom is -0.481 e. The van der Waals surface area contributed by atoms with Crippen LogP contribution in [0.4, 0.5) is 4.79 Å². The monoisotopic (exact) mass is 252 g/mol. The number of likely N-dealkylation sites (tertiary alicyclic amines) is 1. The second-order valence-corrected chi connectivity index (χ2v) is 5.88. The number of hydrogen-bond acceptors (Lipinski definition) is 2. The Kier molecular flexibility index (Phi) is 2.92. The normalized spacial score (nSPS) is 27.3. The number of carbonyl (C=O) groups is 2. The first kappa shape index (κ1) is 11.8. The maximum atomic E-state index is 12.4. The Hall–Kier alpha value is -1.26. The average Bonchev–Trinajstić information content (AvgIpc) is 3.24. The zero-order chi connectivity index (χ0) is 12.7. The minimum absolute atomic E-state index is 0.0770. The van der Waals surface area contributed by atoms with Crippen LogP contribution in [0.25, 0.3) is 0 Å². The summed E-state index contributed by atoms with van der Waals surface area (Å²) in [6, 6.07) is 0.509. The van der Waals surface area contributed by atoms with E-state index in [2.05, 4.69) is 0 Å². The van der Waals surface area contributed by atoms with E-state index in [4.69, 9.17) is 5.11 Å². The molecule has 100 valence electrons. The number of amides is 2. The lowest BCUT2D eigenvalue weighted by Gasteiger charge is -2.28. The predicted molar refractivity (Wildman–Crippen MR) is 65.2 cm³/mol. The largest absolute Gasteiger partial charge is 0.481 e. The number of carbonyl (C=O) groups excluding carboxylic acids is 1. The van der Waals surface area contributed by atoms with Crippen LogP contribution in [0.1, 0.15) is 32.1 Å². The van der Waals surface area contributed by atoms with Crippen molar-refractivity contribution in [2.24, 2.45) is 11.8 Å². The topological polar surface area (TPSA) is 60.9 Å². The Labute approximate surface area is 107 Å². The summed E-state index contributed by atoms with van der Waals surface area (Å²) in [4.78, 5) is 27.1. The number of carboxylic acids is 1. The van der Waals surface area contributed by atoms with Crippen LogP contribution in [0.5, 0.6) is 0 Å². The van der Waals surface area contributed by atoms with Gasteiger partial charge < -0.3 is 14.9 Å². The summed E-state index contributed by atoms with van der Waals surface area (Å²) < 4.78 is 0. The number of rotatable bonds is 4. The van der Waals surface area contributed by atoms with E-state index in [-0.39, 0.29) is 11.9 Å². The summed E-state index contributed by atoms with van der Waals surface area (Å²) in [5.41, 5.74) is 0. The summed E-state index contributed by atoms with van der Waals surface area (Å²) in [5, 5.41) is 8.98. The molecule has 3 rings (SSSR count). The van der Waals surface area contributed by atoms with Crippen LogP contribution in [0, 0.1) is 11.8 Å². The van der Waals surface area contributed by atoms with E-state index in [1.807, 2.05) is 4.90 Å². The molecule has 1 unspecified atom stereocenters. The Balaban J connectivity index is 1.59. The first-order valence-corrected chi connectivity index (χ1v) is 6.93. The fourth-order valence-electron chi connectivity index (χ4n) is 2.67. The van der Waals surface area contributed by atoms with Crippen LogP contribution in [0.15, 0.2) is 0 Å². The number of urea groups is 1. The fourth-order valence-corrected chi connectivity index (χ4v) is 2.67. The van der Waals surface area contributed by atoms with Gasteiger partial charge in [0.05, 0.1) is 5.92 Å². The molecule has 5 nitrogen and oxygen atoms in total. The predicted octanol–water partition coefficient (Wildman–Crippen LogP) is 1.39. The van der Waals surface area contributed by atoms with Crippen LogP contribution in [-0.4, -0.2) is 52.6 Å². The molecular formula is C13H20N2O3. The van der Waals surface area contributed by atoms with Crippen LogP contribution < -0.4 is 0 Å². The maximum absolute atomic E-state index is 12.4. The first-order valence-electron chi connectivity index (χ1n) is 6.93. The molecule has 1 atom stereocenters. The standard InChI is InChI=1S/C13H20N2O3/c16-12(17)10-5-6-14(8-10)13(18)15(11-3-4-11)7-9-1-2-9/h9-11H,1-8H2,(H,16,17). The molecule has 18 heavy (non-hydrogen) atoms. The van der Waals surface area contributed by atoms with E-state index < -0.39 is 5.97 Å². The van der Waals surface area contributed by atoms with Gasteiger partial charge in [-0.05, 0) is 38.0 Å². The van der Waals surface area contributed by atoms with Crippen LogP contribution in [0.3, 0.4) is 0 Å². The fraction of sp³-hybridized carbons (Fsp3) is 0.846. The molecule has 2 aliphatic carbocycles. The second-order valence-electron chi connectivity index (χ2n) is 5.88. The molecule has 0 aromatic heterocycles. The molecule has 2 saturated carbocycles. The van der Waals surface area contributed by atoms with Gasteiger partial charge in [-0.3, -0.25) is 4.79 Å². The van der Waals surface area contributed by atoms with E-state index in [1.54, 1.807) is 4.90 Å². The van der Waals surface area contributed by atoms with Gasteiger partial charge in [0.1, 0.15) is 0 Å². The summed E-state index contributed by atoms with van der Waals surface area (Å²) in [6.45, 7) is 1.88. The maximum Gasteiger partial charge on any atom is 0.320 e. The van der Waals surface area contributed by atoms with Crippen molar-refractivity contribution in [3.8, 4) is 0 Å². The first-order chi connectivity index (χ1) is 8.65. The van der Waals surface area contributed by atoms with Crippen molar-refractivity contribution in [3.05, 3.63) is 0 Å². The van der Waals surface area contributed by atoms with Gasteiger partial charge in [0, 0.05) is 25.7 Å². The van der Waals surface area contributed by atoms with Crippen LogP contribution in [-0.2, 0) is 4.79 Å². The van der Waals surface area contributed by atoms with Crippen molar-refractivity contribution >= 4 is 12.0 Å². The molecule has 3 aliphatic rings. The summed E-state index contributed by atoms with van der Waals surface area (Å²) in [5.74, 6) is -0.436. The Morgan fingerprint density at radius 1 is 1.17 bits per heavy atom. The molecule has 0 aromatic rings. The average molecular weight is 252 g/mol. The van der Waals surface area contributed by atoms with Gasteiger partial charge in [0.25, 0.3) is 0 Å². The van der Waals surface area contributed by atoms with Crippen LogP contribution >= 0.6 is 0 Å². The number of aliphatic carboxylic acids is 1. The van der Waals surface area contributed by atoms with E-state index in [1.165, 1.54) is 12.8 Å². The lowest BCUT2D eigenvalue weighted by atomic mass is 10.1. The van der Waals surface area contributed by atoms with Gasteiger partial charge in [-0.1, -0.05) is 0 Å². The molecule has 2 amide bonds. The van der Waals surface area contributed by atoms with Crippen molar-refractivity contribution in [1.82, 2.24) is 9.80 Å². The molecule has 0 aromatic carbocycles. The highest BCUT2D eigenvalue weighted by atomic mass is 16.4. The molecule has 0 radical (unpaired) electrons. The van der Waals surface area contributed by atoms with Gasteiger partial charge in [-0.2, -0.15) is 0 Å². The zero-order valence-corrected chi connectivity index (χ0v) is 10.5. The van der Waals surface area contributed by atoms with E-state index in [9.17, 15) is 9.59 Å². The lowest BCUT2D eigenvalue weighted by Crippen LogP contribution is -2.44. The van der Waals surface area contributed by atoms with Gasteiger partial charge in [0.15, 0.2) is 0 Å². The van der Waals surface area contributed by atoms with E-state index in [0.29, 0.717) is 31.5 Å². The SMILES string of the molecule is O=C(O)C1CCN(C(=O)N(CC2CC2)C2CC2)C1. The molecule has 1 N–H and O–H groups in total. The third-order valence-corrected chi connectivity index (χ3v) is 4.19. The quantitative estimate of drug-likeness (QED) is 0.822. The molecule has 1 aliphatic heterocycles. The number of hydrogen-bond donors (Lipinski definition) is 1. The molecule has 3 fully saturated rings. The molecule has 5 heteroatoms. The molecule has 0 bridgehead atoms. The van der Waals surface area contributed by atoms with Crippen molar-refractivity contribution in [2.75, 3.05) is 19.6 Å². The lowest BCUT2D eigenvalue weighted by molar-refractivity contribution is -0.141. The zero-order valence-electron chi connectivity index (χ0n) is 10.5. The van der Waals surface area contributed by atoms with E-state index >= 15 is 0 Å². The van der Waals surface area contributed by atoms with Gasteiger partial charge in [0.2, 0.25) is 0 Å². The summed E-state index contributed by atoms with van der Waals surface area (Å²) in [6.07, 6.45) is 5.33. The van der Waals surface area contributed by atoms with Crippen molar-refractivity contribution < 1.29 is 14.7 Å². The highest BCUT2D eigenvalue weighted by Gasteiger charge is 2.40. The molecule has 0 spiro atoms. The number of nitrogens with zero attached hydrogens (tertiary/aromatic N) is 2. The Morgan fingerprint density at radius 3 is 2.39 bits per heavy atom. The second kappa shape index (κ2) is 4.44. The highest BCUT2D eigenvalue weighted by molar-refractivity contribution is 5.78. The number of carboxylic acid groups (broad SMARTS) is 1. The Bertz CT molecular complexity index is 363. The summed E-state index contributed by atoms with van der Waals surface area (Å²) >= 11 is 0. The van der Waals surface area contributed by atoms with Crippen molar-refractivity contribution in [3.63, 3.8) is 0 Å². The van der Waals surface area contributed by atoms with Crippen molar-refractivity contribution in [1.29, 1.82) is 0 Å². The van der Waals surface area contributed by atoms with Crippen molar-refractivity contribution in [2.45, 2.75) is 38.1 Å². The van der Waals surface area contributed by atoms with Gasteiger partial charge in [-0.15, -0.1) is 0 Å². The van der Waals surface area contributed by atoms with Gasteiger partial charge in [-0.25, -0.2) is 4.79 Å². The van der Waals surface area contributed by atoms with E-state index in [0.717, 1.165) is 19.4 Å². The smallest absolute Gasteiger partial charge is 0.320 e. The Morgan fingerprint density at radius 2 is 1.89 bits per heavy atom. The van der Waals surface area contributed by atoms with Crippen LogP contribution in [0.2, 0.25) is 0 Å².